The zero-order valence-electron chi connectivity index (χ0n) is 16.0. The largest absolute Gasteiger partial charge is 0.368 e. The van der Waals surface area contributed by atoms with Crippen molar-refractivity contribution >= 4 is 34.1 Å². The topological polar surface area (TPSA) is 39.3 Å². The molecule has 1 aliphatic carbocycles. The van der Waals surface area contributed by atoms with E-state index in [4.69, 9.17) is 11.6 Å². The highest BCUT2D eigenvalue weighted by Gasteiger charge is 2.54. The highest BCUT2D eigenvalue weighted by Crippen LogP contribution is 2.52. The lowest BCUT2D eigenvalue weighted by Crippen LogP contribution is -2.51. The van der Waals surface area contributed by atoms with Crippen LogP contribution in [-0.2, 0) is 10.2 Å². The second-order valence-corrected chi connectivity index (χ2v) is 8.53. The Morgan fingerprint density at radius 3 is 2.57 bits per heavy atom. The third-order valence-corrected chi connectivity index (χ3v) is 6.49. The molecular weight excluding hydrogens is 370 g/mol. The van der Waals surface area contributed by atoms with Gasteiger partial charge in [0.1, 0.15) is 0 Å². The minimum atomic E-state index is -0.367. The molecule has 28 heavy (non-hydrogen) atoms. The molecule has 0 unspecified atom stereocenters. The van der Waals surface area contributed by atoms with Crippen molar-refractivity contribution in [1.82, 2.24) is 9.88 Å². The predicted molar refractivity (Wildman–Crippen MR) is 114 cm³/mol. The molecule has 0 atom stereocenters. The van der Waals surface area contributed by atoms with Gasteiger partial charge in [-0.15, -0.1) is 0 Å². The fourth-order valence-electron chi connectivity index (χ4n) is 4.51. The molecule has 5 heteroatoms. The lowest BCUT2D eigenvalue weighted by Gasteiger charge is -2.38. The summed E-state index contributed by atoms with van der Waals surface area (Å²) in [5, 5.41) is 1.79. The van der Waals surface area contributed by atoms with E-state index in [1.165, 1.54) is 11.3 Å². The number of anilines is 1. The SMILES string of the molecule is Cc1cccc(N2CCN(C(=O)C3(c4c[nH]c5ccc(Cl)cc45)CC3)CC2)c1. The Balaban J connectivity index is 1.35. The van der Waals surface area contributed by atoms with Crippen LogP contribution in [0.25, 0.3) is 10.9 Å². The van der Waals surface area contributed by atoms with Crippen LogP contribution in [0.1, 0.15) is 24.0 Å². The molecule has 1 N–H and O–H groups in total. The number of piperazine rings is 1. The number of fused-ring (bicyclic) bond motifs is 1. The standard InChI is InChI=1S/C23H24ClN3O/c1-16-3-2-4-18(13-16)26-9-11-27(12-10-26)22(28)23(7-8-23)20-15-25-21-6-5-17(24)14-19(20)21/h2-6,13-15,25H,7-12H2,1H3. The van der Waals surface area contributed by atoms with E-state index in [-0.39, 0.29) is 11.3 Å². The summed E-state index contributed by atoms with van der Waals surface area (Å²) >= 11 is 6.22. The fourth-order valence-corrected chi connectivity index (χ4v) is 4.68. The summed E-state index contributed by atoms with van der Waals surface area (Å²) in [5.41, 5.74) is 4.30. The number of benzene rings is 2. The number of nitrogens with one attached hydrogen (secondary N) is 1. The summed E-state index contributed by atoms with van der Waals surface area (Å²) in [4.78, 5) is 21.2. The predicted octanol–water partition coefficient (Wildman–Crippen LogP) is 4.51. The van der Waals surface area contributed by atoms with Crippen LogP contribution in [-0.4, -0.2) is 42.0 Å². The number of carbonyl (C=O) groups is 1. The molecule has 144 valence electrons. The van der Waals surface area contributed by atoms with Crippen LogP contribution in [0, 0.1) is 6.92 Å². The zero-order valence-corrected chi connectivity index (χ0v) is 16.8. The molecule has 5 rings (SSSR count). The molecule has 4 nitrogen and oxygen atoms in total. The van der Waals surface area contributed by atoms with Crippen molar-refractivity contribution in [1.29, 1.82) is 0 Å². The summed E-state index contributed by atoms with van der Waals surface area (Å²) in [6, 6.07) is 14.4. The van der Waals surface area contributed by atoms with Gasteiger partial charge in [0.05, 0.1) is 5.41 Å². The smallest absolute Gasteiger partial charge is 0.233 e. The molecule has 1 amide bonds. The molecule has 2 heterocycles. The van der Waals surface area contributed by atoms with Gasteiger partial charge in [0, 0.05) is 54.0 Å². The summed E-state index contributed by atoms with van der Waals surface area (Å²) in [6.45, 7) is 5.43. The summed E-state index contributed by atoms with van der Waals surface area (Å²) in [5.74, 6) is 0.275. The number of hydrogen-bond donors (Lipinski definition) is 1. The zero-order chi connectivity index (χ0) is 19.3. The monoisotopic (exact) mass is 393 g/mol. The van der Waals surface area contributed by atoms with Gasteiger partial charge < -0.3 is 14.8 Å². The number of H-pyrrole nitrogens is 1. The molecule has 1 saturated carbocycles. The highest BCUT2D eigenvalue weighted by molar-refractivity contribution is 6.31. The van der Waals surface area contributed by atoms with Crippen molar-refractivity contribution in [3.8, 4) is 0 Å². The van der Waals surface area contributed by atoms with Crippen molar-refractivity contribution in [2.75, 3.05) is 31.1 Å². The molecule has 0 radical (unpaired) electrons. The average molecular weight is 394 g/mol. The maximum absolute atomic E-state index is 13.5. The molecule has 1 aliphatic heterocycles. The van der Waals surface area contributed by atoms with E-state index in [0.29, 0.717) is 5.02 Å². The van der Waals surface area contributed by atoms with Crippen LogP contribution in [0.2, 0.25) is 5.02 Å². The van der Waals surface area contributed by atoms with Crippen molar-refractivity contribution in [2.45, 2.75) is 25.2 Å². The minimum absolute atomic E-state index is 0.275. The Hall–Kier alpha value is -2.46. The summed E-state index contributed by atoms with van der Waals surface area (Å²) in [6.07, 6.45) is 3.85. The molecular formula is C23H24ClN3O. The van der Waals surface area contributed by atoms with E-state index < -0.39 is 0 Å². The quantitative estimate of drug-likeness (QED) is 0.711. The molecule has 0 spiro atoms. The second-order valence-electron chi connectivity index (χ2n) is 8.09. The Kier molecular flexibility index (Phi) is 4.13. The molecule has 0 bridgehead atoms. The van der Waals surface area contributed by atoms with Gasteiger partial charge in [-0.2, -0.15) is 0 Å². The van der Waals surface area contributed by atoms with Crippen LogP contribution in [0.5, 0.6) is 0 Å². The molecule has 2 fully saturated rings. The van der Waals surface area contributed by atoms with E-state index in [9.17, 15) is 4.79 Å². The van der Waals surface area contributed by atoms with Gasteiger partial charge in [0.2, 0.25) is 5.91 Å². The number of aryl methyl sites for hydroxylation is 1. The first kappa shape index (κ1) is 17.6. The third kappa shape index (κ3) is 2.87. The third-order valence-electron chi connectivity index (χ3n) is 6.25. The van der Waals surface area contributed by atoms with Gasteiger partial charge in [0.25, 0.3) is 0 Å². The van der Waals surface area contributed by atoms with Gasteiger partial charge in [0.15, 0.2) is 0 Å². The van der Waals surface area contributed by atoms with E-state index in [1.807, 2.05) is 24.4 Å². The Labute approximate surface area is 170 Å². The van der Waals surface area contributed by atoms with Gasteiger partial charge in [-0.1, -0.05) is 23.7 Å². The number of carbonyl (C=O) groups excluding carboxylic acids is 1. The van der Waals surface area contributed by atoms with Crippen molar-refractivity contribution in [3.05, 3.63) is 64.8 Å². The fraction of sp³-hybridized carbons (Fsp3) is 0.348. The first-order valence-corrected chi connectivity index (χ1v) is 10.3. The number of rotatable bonds is 3. The Morgan fingerprint density at radius 2 is 1.86 bits per heavy atom. The van der Waals surface area contributed by atoms with E-state index >= 15 is 0 Å². The maximum Gasteiger partial charge on any atom is 0.233 e. The number of hydrogen-bond acceptors (Lipinski definition) is 2. The van der Waals surface area contributed by atoms with Crippen LogP contribution >= 0.6 is 11.6 Å². The summed E-state index contributed by atoms with van der Waals surface area (Å²) < 4.78 is 0. The minimum Gasteiger partial charge on any atom is -0.368 e. The van der Waals surface area contributed by atoms with Crippen molar-refractivity contribution in [2.24, 2.45) is 0 Å². The maximum atomic E-state index is 13.5. The Bertz CT molecular complexity index is 1040. The van der Waals surface area contributed by atoms with Gasteiger partial charge in [-0.05, 0) is 61.2 Å². The lowest BCUT2D eigenvalue weighted by atomic mass is 9.93. The molecule has 1 aromatic heterocycles. The number of aromatic nitrogens is 1. The lowest BCUT2D eigenvalue weighted by molar-refractivity contribution is -0.134. The molecule has 3 aromatic rings. The number of nitrogens with zero attached hydrogens (tertiary/aromatic N) is 2. The van der Waals surface area contributed by atoms with Crippen LogP contribution in [0.3, 0.4) is 0 Å². The first-order chi connectivity index (χ1) is 13.6. The van der Waals surface area contributed by atoms with E-state index in [2.05, 4.69) is 46.0 Å². The van der Waals surface area contributed by atoms with E-state index in [1.54, 1.807) is 0 Å². The summed E-state index contributed by atoms with van der Waals surface area (Å²) in [7, 11) is 0. The number of halogens is 1. The first-order valence-electron chi connectivity index (χ1n) is 9.95. The van der Waals surface area contributed by atoms with E-state index in [0.717, 1.165) is 55.5 Å². The molecule has 1 saturated heterocycles. The average Bonchev–Trinajstić information content (AvgIpc) is 3.41. The van der Waals surface area contributed by atoms with Crippen LogP contribution < -0.4 is 4.90 Å². The van der Waals surface area contributed by atoms with Gasteiger partial charge in [-0.3, -0.25) is 4.79 Å². The second kappa shape index (κ2) is 6.56. The van der Waals surface area contributed by atoms with Crippen molar-refractivity contribution in [3.63, 3.8) is 0 Å². The molecule has 2 aromatic carbocycles. The van der Waals surface area contributed by atoms with Crippen molar-refractivity contribution < 1.29 is 4.79 Å². The highest BCUT2D eigenvalue weighted by atomic mass is 35.5. The van der Waals surface area contributed by atoms with Gasteiger partial charge in [-0.25, -0.2) is 0 Å². The Morgan fingerprint density at radius 1 is 1.07 bits per heavy atom. The van der Waals surface area contributed by atoms with Crippen LogP contribution in [0.15, 0.2) is 48.7 Å². The normalized spacial score (nSPS) is 18.5. The number of aromatic amines is 1. The van der Waals surface area contributed by atoms with Crippen LogP contribution in [0.4, 0.5) is 5.69 Å². The molecule has 2 aliphatic rings. The van der Waals surface area contributed by atoms with Gasteiger partial charge >= 0.3 is 0 Å². The number of amides is 1.